The van der Waals surface area contributed by atoms with E-state index < -0.39 is 32.1 Å². The van der Waals surface area contributed by atoms with Gasteiger partial charge in [0, 0.05) is 5.92 Å². The molecule has 0 aromatic heterocycles. The first-order valence-electron chi connectivity index (χ1n) is 9.38. The lowest BCUT2D eigenvalue weighted by Crippen LogP contribution is -2.51. The second-order valence-corrected chi connectivity index (χ2v) is 9.81. The highest BCUT2D eigenvalue weighted by Gasteiger charge is 2.58. The lowest BCUT2D eigenvalue weighted by molar-refractivity contribution is 0.141. The number of halogens is 2. The van der Waals surface area contributed by atoms with Crippen LogP contribution >= 0.6 is 0 Å². The average molecular weight is 404 g/mol. The van der Waals surface area contributed by atoms with Crippen molar-refractivity contribution in [2.75, 3.05) is 6.61 Å². The molecule has 1 aliphatic carbocycles. The van der Waals surface area contributed by atoms with E-state index in [2.05, 4.69) is 0 Å². The van der Waals surface area contributed by atoms with Gasteiger partial charge in [-0.05, 0) is 57.4 Å². The van der Waals surface area contributed by atoms with Crippen LogP contribution in [0, 0.1) is 24.5 Å². The summed E-state index contributed by atoms with van der Waals surface area (Å²) in [6.07, 6.45) is 3.18. The molecule has 0 N–H and O–H groups in total. The minimum atomic E-state index is -4.00. The maximum Gasteiger partial charge on any atom is 0.188 e. The Hall–Kier alpha value is -2.21. The number of aryl methyl sites for hydroxylation is 1. The van der Waals surface area contributed by atoms with Crippen LogP contribution in [0.25, 0.3) is 0 Å². The van der Waals surface area contributed by atoms with Gasteiger partial charge in [-0.25, -0.2) is 17.2 Å². The van der Waals surface area contributed by atoms with E-state index in [-0.39, 0.29) is 29.2 Å². The lowest BCUT2D eigenvalue weighted by Gasteiger charge is -2.47. The number of hydrogen-bond acceptors (Lipinski definition) is 3. The van der Waals surface area contributed by atoms with Crippen LogP contribution in [-0.4, -0.2) is 15.0 Å². The molecular formula is C22H22F2O3S. The highest BCUT2D eigenvalue weighted by Crippen LogP contribution is 2.57. The third-order valence-electron chi connectivity index (χ3n) is 6.12. The summed E-state index contributed by atoms with van der Waals surface area (Å²) in [5.74, 6) is -2.22. The summed E-state index contributed by atoms with van der Waals surface area (Å²) in [6, 6.07) is 8.53. The number of benzene rings is 2. The van der Waals surface area contributed by atoms with Gasteiger partial charge < -0.3 is 4.74 Å². The highest BCUT2D eigenvalue weighted by molar-refractivity contribution is 7.92. The van der Waals surface area contributed by atoms with Gasteiger partial charge in [0.1, 0.15) is 10.6 Å². The van der Waals surface area contributed by atoms with Crippen molar-refractivity contribution in [2.24, 2.45) is 5.92 Å². The number of hydrogen-bond donors (Lipinski definition) is 0. The predicted molar refractivity (Wildman–Crippen MR) is 103 cm³/mol. The molecule has 2 aromatic rings. The fourth-order valence-electron chi connectivity index (χ4n) is 4.59. The highest BCUT2D eigenvalue weighted by atomic mass is 32.2. The topological polar surface area (TPSA) is 43.4 Å². The first-order chi connectivity index (χ1) is 13.3. The maximum atomic E-state index is 15.0. The van der Waals surface area contributed by atoms with Crippen LogP contribution in [-0.2, 0) is 14.6 Å². The van der Waals surface area contributed by atoms with Crippen LogP contribution in [0.3, 0.4) is 0 Å². The van der Waals surface area contributed by atoms with E-state index in [1.165, 1.54) is 0 Å². The van der Waals surface area contributed by atoms with Gasteiger partial charge >= 0.3 is 0 Å². The van der Waals surface area contributed by atoms with E-state index >= 15 is 4.39 Å². The molecule has 0 radical (unpaired) electrons. The van der Waals surface area contributed by atoms with Crippen molar-refractivity contribution in [1.82, 2.24) is 0 Å². The minimum Gasteiger partial charge on any atom is -0.490 e. The monoisotopic (exact) mass is 404 g/mol. The zero-order valence-corrected chi connectivity index (χ0v) is 16.7. The van der Waals surface area contributed by atoms with Gasteiger partial charge in [-0.2, -0.15) is 0 Å². The number of fused-ring (bicyclic) bond motifs is 3. The molecule has 28 heavy (non-hydrogen) atoms. The van der Waals surface area contributed by atoms with E-state index in [1.807, 2.05) is 19.9 Å². The van der Waals surface area contributed by atoms with Crippen LogP contribution in [0.1, 0.15) is 37.3 Å². The molecule has 1 aliphatic heterocycles. The molecule has 0 bridgehead atoms. The number of ether oxygens (including phenoxy) is 1. The Labute approximate surface area is 164 Å². The first-order valence-corrected chi connectivity index (χ1v) is 10.9. The molecule has 2 aliphatic rings. The van der Waals surface area contributed by atoms with Crippen LogP contribution < -0.4 is 4.74 Å². The zero-order valence-electron chi connectivity index (χ0n) is 15.8. The quantitative estimate of drug-likeness (QED) is 0.656. The van der Waals surface area contributed by atoms with Gasteiger partial charge in [-0.3, -0.25) is 0 Å². The average Bonchev–Trinajstić information content (AvgIpc) is 2.69. The lowest BCUT2D eigenvalue weighted by atomic mass is 9.71. The molecule has 148 valence electrons. The summed E-state index contributed by atoms with van der Waals surface area (Å²) in [7, 11) is -4.00. The largest absolute Gasteiger partial charge is 0.490 e. The summed E-state index contributed by atoms with van der Waals surface area (Å²) in [5, 5.41) is 0. The number of allylic oxidation sites excluding steroid dienone is 2. The van der Waals surface area contributed by atoms with Gasteiger partial charge in [-0.1, -0.05) is 29.3 Å². The fraction of sp³-hybridized carbons (Fsp3) is 0.364. The molecule has 0 spiro atoms. The molecule has 0 amide bonds. The molecule has 1 unspecified atom stereocenters. The van der Waals surface area contributed by atoms with Gasteiger partial charge in [0.2, 0.25) is 0 Å². The SMILES string of the molecule is C/C=C1/CC[C@@]2(S(=O)(=O)c3ccc(C)cc3)c3c(F)ccc(F)c3OCC2C1. The Kier molecular flexibility index (Phi) is 4.57. The summed E-state index contributed by atoms with van der Waals surface area (Å²) in [5.41, 5.74) is 1.89. The van der Waals surface area contributed by atoms with E-state index in [0.29, 0.717) is 12.8 Å². The summed E-state index contributed by atoms with van der Waals surface area (Å²) in [6.45, 7) is 3.82. The van der Waals surface area contributed by atoms with Crippen molar-refractivity contribution in [2.45, 2.75) is 42.8 Å². The molecular weight excluding hydrogens is 382 g/mol. The van der Waals surface area contributed by atoms with E-state index in [9.17, 15) is 12.8 Å². The fourth-order valence-corrected chi connectivity index (χ4v) is 6.92. The molecule has 1 saturated carbocycles. The first kappa shape index (κ1) is 19.1. The molecule has 1 fully saturated rings. The molecule has 1 heterocycles. The number of rotatable bonds is 2. The second kappa shape index (κ2) is 6.69. The van der Waals surface area contributed by atoms with E-state index in [1.54, 1.807) is 24.3 Å². The van der Waals surface area contributed by atoms with Crippen molar-refractivity contribution in [3.63, 3.8) is 0 Å². The Morgan fingerprint density at radius 3 is 2.46 bits per heavy atom. The standard InChI is InChI=1S/C22H22F2O3S/c1-3-15-10-11-22(28(25,26)17-6-4-14(2)5-7-17)16(12-15)13-27-21-19(24)9-8-18(23)20(21)22/h3-9,16H,10-13H2,1-2H3/b15-3-/t16?,22-/m0/s1. The minimum absolute atomic E-state index is 0.0375. The summed E-state index contributed by atoms with van der Waals surface area (Å²) in [4.78, 5) is 0.128. The van der Waals surface area contributed by atoms with Crippen molar-refractivity contribution in [3.8, 4) is 5.75 Å². The van der Waals surface area contributed by atoms with E-state index in [0.717, 1.165) is 23.3 Å². The molecule has 4 rings (SSSR count). The van der Waals surface area contributed by atoms with Gasteiger partial charge in [-0.15, -0.1) is 0 Å². The summed E-state index contributed by atoms with van der Waals surface area (Å²) < 4.78 is 61.3. The molecule has 0 saturated heterocycles. The Bertz CT molecular complexity index is 1060. The van der Waals surface area contributed by atoms with Crippen molar-refractivity contribution in [3.05, 3.63) is 70.8 Å². The smallest absolute Gasteiger partial charge is 0.188 e. The predicted octanol–water partition coefficient (Wildman–Crippen LogP) is 5.08. The second-order valence-electron chi connectivity index (χ2n) is 7.60. The van der Waals surface area contributed by atoms with Crippen molar-refractivity contribution >= 4 is 9.84 Å². The number of sulfone groups is 1. The van der Waals surface area contributed by atoms with E-state index in [4.69, 9.17) is 4.74 Å². The molecule has 2 aromatic carbocycles. The maximum absolute atomic E-state index is 15.0. The molecule has 3 nitrogen and oxygen atoms in total. The Morgan fingerprint density at radius 2 is 1.79 bits per heavy atom. The Balaban J connectivity index is 2.02. The molecule has 6 heteroatoms. The van der Waals surface area contributed by atoms with Gasteiger partial charge in [0.15, 0.2) is 21.4 Å². The third kappa shape index (κ3) is 2.61. The summed E-state index contributed by atoms with van der Waals surface area (Å²) >= 11 is 0. The Morgan fingerprint density at radius 1 is 1.11 bits per heavy atom. The van der Waals surface area contributed by atoms with Gasteiger partial charge in [0.25, 0.3) is 0 Å². The van der Waals surface area contributed by atoms with Crippen LogP contribution in [0.2, 0.25) is 0 Å². The van der Waals surface area contributed by atoms with Crippen molar-refractivity contribution in [1.29, 1.82) is 0 Å². The van der Waals surface area contributed by atoms with Crippen LogP contribution in [0.15, 0.2) is 52.9 Å². The molecule has 2 atom stereocenters. The van der Waals surface area contributed by atoms with Crippen molar-refractivity contribution < 1.29 is 21.9 Å². The zero-order chi connectivity index (χ0) is 20.1. The normalized spacial score (nSPS) is 25.7. The third-order valence-corrected chi connectivity index (χ3v) is 8.71. The van der Waals surface area contributed by atoms with Gasteiger partial charge in [0.05, 0.1) is 17.1 Å². The van der Waals surface area contributed by atoms with Crippen LogP contribution in [0.4, 0.5) is 8.78 Å². The van der Waals surface area contributed by atoms with Crippen LogP contribution in [0.5, 0.6) is 5.75 Å².